The van der Waals surface area contributed by atoms with Gasteiger partial charge < -0.3 is 4.90 Å². The molecule has 8 rings (SSSR count). The maximum atomic E-state index is 2.42. The fraction of sp³-hybridized carbons (Fsp3) is 0.0698. The Morgan fingerprint density at radius 1 is 0.386 bits per heavy atom. The van der Waals surface area contributed by atoms with Gasteiger partial charge in [0.2, 0.25) is 0 Å². The lowest BCUT2D eigenvalue weighted by molar-refractivity contribution is 0.661. The third-order valence-corrected chi connectivity index (χ3v) is 9.25. The van der Waals surface area contributed by atoms with Crippen molar-refractivity contribution in [3.8, 4) is 33.4 Å². The minimum Gasteiger partial charge on any atom is -0.310 e. The van der Waals surface area contributed by atoms with Gasteiger partial charge in [-0.2, -0.15) is 0 Å². The summed E-state index contributed by atoms with van der Waals surface area (Å²) in [5.41, 5.74) is 13.6. The molecule has 0 atom stereocenters. The minimum absolute atomic E-state index is 0.0721. The van der Waals surface area contributed by atoms with Crippen molar-refractivity contribution >= 4 is 27.8 Å². The molecular weight excluding hydrogens is 530 g/mol. The summed E-state index contributed by atoms with van der Waals surface area (Å²) in [7, 11) is 0. The molecule has 0 saturated carbocycles. The van der Waals surface area contributed by atoms with Crippen LogP contribution in [0.25, 0.3) is 44.2 Å². The van der Waals surface area contributed by atoms with E-state index in [9.17, 15) is 0 Å². The zero-order chi connectivity index (χ0) is 29.7. The summed E-state index contributed by atoms with van der Waals surface area (Å²) in [4.78, 5) is 2.42. The molecule has 1 heteroatoms. The van der Waals surface area contributed by atoms with Crippen molar-refractivity contribution in [2.75, 3.05) is 4.90 Å². The molecule has 0 aromatic heterocycles. The lowest BCUT2D eigenvalue weighted by Crippen LogP contribution is -2.15. The molecule has 0 aliphatic heterocycles. The second kappa shape index (κ2) is 10.4. The standard InChI is InChI=1S/C43H33N/c1-43(2)40-26-25-34(29-39(40)38-27-31-17-9-10-18-32(31)28-41(38)43)44(33-19-7-4-8-20-33)42-24-14-13-23-37(42)36-22-12-11-21-35(36)30-15-5-3-6-16-30/h3-29H,1-2H3. The summed E-state index contributed by atoms with van der Waals surface area (Å²) in [6.07, 6.45) is 0. The highest BCUT2D eigenvalue weighted by Gasteiger charge is 2.36. The number of anilines is 3. The zero-order valence-electron chi connectivity index (χ0n) is 25.0. The third-order valence-electron chi connectivity index (χ3n) is 9.25. The molecule has 1 nitrogen and oxygen atoms in total. The van der Waals surface area contributed by atoms with E-state index in [-0.39, 0.29) is 5.41 Å². The highest BCUT2D eigenvalue weighted by atomic mass is 15.1. The first kappa shape index (κ1) is 26.2. The predicted octanol–water partition coefficient (Wildman–Crippen LogP) is 11.9. The van der Waals surface area contributed by atoms with Gasteiger partial charge in [-0.15, -0.1) is 0 Å². The number of hydrogen-bond acceptors (Lipinski definition) is 1. The van der Waals surface area contributed by atoms with Crippen molar-refractivity contribution in [2.24, 2.45) is 0 Å². The predicted molar refractivity (Wildman–Crippen MR) is 187 cm³/mol. The Morgan fingerprint density at radius 3 is 1.70 bits per heavy atom. The van der Waals surface area contributed by atoms with Crippen LogP contribution in [-0.4, -0.2) is 0 Å². The van der Waals surface area contributed by atoms with Crippen molar-refractivity contribution in [2.45, 2.75) is 19.3 Å². The van der Waals surface area contributed by atoms with Crippen LogP contribution >= 0.6 is 0 Å². The largest absolute Gasteiger partial charge is 0.310 e. The van der Waals surface area contributed by atoms with Crippen LogP contribution in [-0.2, 0) is 5.41 Å². The topological polar surface area (TPSA) is 3.24 Å². The molecule has 0 amide bonds. The van der Waals surface area contributed by atoms with Gasteiger partial charge >= 0.3 is 0 Å². The molecule has 7 aromatic rings. The van der Waals surface area contributed by atoms with E-state index < -0.39 is 0 Å². The van der Waals surface area contributed by atoms with Crippen molar-refractivity contribution < 1.29 is 0 Å². The van der Waals surface area contributed by atoms with Crippen LogP contribution in [0.1, 0.15) is 25.0 Å². The van der Waals surface area contributed by atoms with Gasteiger partial charge in [-0.1, -0.05) is 135 Å². The van der Waals surface area contributed by atoms with E-state index in [1.165, 1.54) is 55.3 Å². The number of nitrogens with zero attached hydrogens (tertiary/aromatic N) is 1. The fourth-order valence-corrected chi connectivity index (χ4v) is 7.05. The Kier molecular flexibility index (Phi) is 6.20. The average Bonchev–Trinajstić information content (AvgIpc) is 3.30. The highest BCUT2D eigenvalue weighted by Crippen LogP contribution is 2.52. The minimum atomic E-state index is -0.0721. The van der Waals surface area contributed by atoms with E-state index in [0.717, 1.165) is 17.1 Å². The van der Waals surface area contributed by atoms with Gasteiger partial charge in [0.15, 0.2) is 0 Å². The molecule has 0 bridgehead atoms. The van der Waals surface area contributed by atoms with E-state index in [2.05, 4.69) is 183 Å². The van der Waals surface area contributed by atoms with Crippen molar-refractivity contribution in [1.82, 2.24) is 0 Å². The molecular formula is C43H33N. The molecule has 7 aromatic carbocycles. The fourth-order valence-electron chi connectivity index (χ4n) is 7.05. The summed E-state index contributed by atoms with van der Waals surface area (Å²) in [6, 6.07) is 59.6. The van der Waals surface area contributed by atoms with Gasteiger partial charge in [0.1, 0.15) is 0 Å². The van der Waals surface area contributed by atoms with E-state index in [4.69, 9.17) is 0 Å². The molecule has 0 saturated heterocycles. The highest BCUT2D eigenvalue weighted by molar-refractivity contribution is 5.97. The lowest BCUT2D eigenvalue weighted by Gasteiger charge is -2.29. The normalized spacial score (nSPS) is 13.0. The van der Waals surface area contributed by atoms with Gasteiger partial charge in [-0.3, -0.25) is 0 Å². The van der Waals surface area contributed by atoms with E-state index >= 15 is 0 Å². The summed E-state index contributed by atoms with van der Waals surface area (Å²) in [5.74, 6) is 0. The van der Waals surface area contributed by atoms with Crippen LogP contribution in [0.3, 0.4) is 0 Å². The number of para-hydroxylation sites is 2. The van der Waals surface area contributed by atoms with Gasteiger partial charge in [-0.05, 0) is 92.2 Å². The Morgan fingerprint density at radius 2 is 0.955 bits per heavy atom. The van der Waals surface area contributed by atoms with Crippen LogP contribution in [0.2, 0.25) is 0 Å². The van der Waals surface area contributed by atoms with Crippen molar-refractivity contribution in [1.29, 1.82) is 0 Å². The molecule has 210 valence electrons. The molecule has 0 unspecified atom stereocenters. The van der Waals surface area contributed by atoms with E-state index in [1.54, 1.807) is 0 Å². The van der Waals surface area contributed by atoms with E-state index in [1.807, 2.05) is 0 Å². The summed E-state index contributed by atoms with van der Waals surface area (Å²) in [6.45, 7) is 4.72. The summed E-state index contributed by atoms with van der Waals surface area (Å²) < 4.78 is 0. The van der Waals surface area contributed by atoms with Gasteiger partial charge in [0.05, 0.1) is 5.69 Å². The quantitative estimate of drug-likeness (QED) is 0.201. The molecule has 0 heterocycles. The summed E-state index contributed by atoms with van der Waals surface area (Å²) >= 11 is 0. The van der Waals surface area contributed by atoms with Crippen LogP contribution < -0.4 is 4.90 Å². The average molecular weight is 564 g/mol. The second-order valence-electron chi connectivity index (χ2n) is 12.2. The SMILES string of the molecule is CC1(C)c2ccc(N(c3ccccc3)c3ccccc3-c3ccccc3-c3ccccc3)cc2-c2cc3ccccc3cc21. The Hall–Kier alpha value is -5.40. The van der Waals surface area contributed by atoms with Gasteiger partial charge in [-0.25, -0.2) is 0 Å². The first-order valence-corrected chi connectivity index (χ1v) is 15.4. The zero-order valence-corrected chi connectivity index (χ0v) is 25.0. The second-order valence-corrected chi connectivity index (χ2v) is 12.2. The number of fused-ring (bicyclic) bond motifs is 4. The molecule has 0 N–H and O–H groups in total. The Bertz CT molecular complexity index is 2140. The molecule has 1 aliphatic carbocycles. The van der Waals surface area contributed by atoms with Crippen LogP contribution in [0, 0.1) is 0 Å². The van der Waals surface area contributed by atoms with Gasteiger partial charge in [0, 0.05) is 22.4 Å². The first-order valence-electron chi connectivity index (χ1n) is 15.4. The molecule has 0 radical (unpaired) electrons. The maximum absolute atomic E-state index is 2.42. The molecule has 0 fully saturated rings. The smallest absolute Gasteiger partial charge is 0.0540 e. The molecule has 1 aliphatic rings. The van der Waals surface area contributed by atoms with Crippen LogP contribution in [0.15, 0.2) is 164 Å². The Balaban J connectivity index is 1.35. The monoisotopic (exact) mass is 563 g/mol. The molecule has 44 heavy (non-hydrogen) atoms. The van der Waals surface area contributed by atoms with Crippen molar-refractivity contribution in [3.63, 3.8) is 0 Å². The molecule has 0 spiro atoms. The van der Waals surface area contributed by atoms with Gasteiger partial charge in [0.25, 0.3) is 0 Å². The number of benzene rings is 7. The van der Waals surface area contributed by atoms with E-state index in [0.29, 0.717) is 0 Å². The number of rotatable bonds is 5. The van der Waals surface area contributed by atoms with Crippen LogP contribution in [0.4, 0.5) is 17.1 Å². The van der Waals surface area contributed by atoms with Crippen molar-refractivity contribution in [3.05, 3.63) is 175 Å². The third kappa shape index (κ3) is 4.24. The maximum Gasteiger partial charge on any atom is 0.0540 e. The first-order chi connectivity index (χ1) is 21.6. The lowest BCUT2D eigenvalue weighted by atomic mass is 9.82. The number of hydrogen-bond donors (Lipinski definition) is 0. The summed E-state index contributed by atoms with van der Waals surface area (Å²) in [5, 5.41) is 2.58. The Labute approximate surface area is 259 Å². The van der Waals surface area contributed by atoms with Crippen LogP contribution in [0.5, 0.6) is 0 Å².